The van der Waals surface area contributed by atoms with Crippen molar-refractivity contribution in [1.82, 2.24) is 8.87 Å². The molecular formula is C22H25ClN2O2S. The summed E-state index contributed by atoms with van der Waals surface area (Å²) in [6, 6.07) is 15.0. The van der Waals surface area contributed by atoms with E-state index < -0.39 is 10.0 Å². The van der Waals surface area contributed by atoms with Crippen molar-refractivity contribution in [3.8, 4) is 0 Å². The van der Waals surface area contributed by atoms with E-state index in [1.54, 1.807) is 28.6 Å². The Hall–Kier alpha value is -1.82. The van der Waals surface area contributed by atoms with Crippen LogP contribution < -0.4 is 0 Å². The summed E-state index contributed by atoms with van der Waals surface area (Å²) in [5.74, 6) is 0.389. The molecule has 148 valence electrons. The van der Waals surface area contributed by atoms with Crippen molar-refractivity contribution in [2.24, 2.45) is 0 Å². The lowest BCUT2D eigenvalue weighted by Gasteiger charge is -2.31. The fourth-order valence-corrected chi connectivity index (χ4v) is 5.78. The Balaban J connectivity index is 1.55. The van der Waals surface area contributed by atoms with Gasteiger partial charge in [-0.15, -0.1) is 0 Å². The molecule has 0 saturated carbocycles. The first kappa shape index (κ1) is 19.5. The predicted octanol–water partition coefficient (Wildman–Crippen LogP) is 5.27. The zero-order chi connectivity index (χ0) is 19.7. The summed E-state index contributed by atoms with van der Waals surface area (Å²) in [4.78, 5) is 0.315. The summed E-state index contributed by atoms with van der Waals surface area (Å²) in [5, 5.41) is 1.84. The molecule has 1 saturated heterocycles. The van der Waals surface area contributed by atoms with E-state index in [4.69, 9.17) is 11.6 Å². The van der Waals surface area contributed by atoms with E-state index in [9.17, 15) is 8.42 Å². The van der Waals surface area contributed by atoms with Gasteiger partial charge < -0.3 is 4.57 Å². The average molecular weight is 417 g/mol. The first-order valence-corrected chi connectivity index (χ1v) is 11.7. The van der Waals surface area contributed by atoms with Crippen molar-refractivity contribution >= 4 is 32.5 Å². The van der Waals surface area contributed by atoms with Gasteiger partial charge in [-0.3, -0.25) is 0 Å². The molecule has 6 heteroatoms. The molecular weight excluding hydrogens is 392 g/mol. The monoisotopic (exact) mass is 416 g/mol. The summed E-state index contributed by atoms with van der Waals surface area (Å²) in [5.41, 5.74) is 2.63. The Morgan fingerprint density at radius 3 is 2.39 bits per heavy atom. The second-order valence-corrected chi connectivity index (χ2v) is 9.80. The smallest absolute Gasteiger partial charge is 0.243 e. The van der Waals surface area contributed by atoms with Gasteiger partial charge in [0.15, 0.2) is 0 Å². The third kappa shape index (κ3) is 3.59. The summed E-state index contributed by atoms with van der Waals surface area (Å²) in [6.07, 6.45) is 5.05. The highest BCUT2D eigenvalue weighted by atomic mass is 35.5. The van der Waals surface area contributed by atoms with Crippen molar-refractivity contribution in [3.05, 3.63) is 65.3 Å². The number of rotatable bonds is 5. The molecule has 3 aromatic rings. The van der Waals surface area contributed by atoms with Crippen molar-refractivity contribution in [3.63, 3.8) is 0 Å². The Kier molecular flexibility index (Phi) is 5.50. The highest BCUT2D eigenvalue weighted by Gasteiger charge is 2.31. The Bertz CT molecular complexity index is 1070. The van der Waals surface area contributed by atoms with Crippen LogP contribution in [0.25, 0.3) is 10.9 Å². The van der Waals surface area contributed by atoms with E-state index in [1.807, 2.05) is 0 Å². The number of piperidine rings is 1. The highest BCUT2D eigenvalue weighted by molar-refractivity contribution is 7.89. The largest absolute Gasteiger partial charge is 0.347 e. The third-order valence-corrected chi connectivity index (χ3v) is 7.79. The van der Waals surface area contributed by atoms with E-state index in [-0.39, 0.29) is 0 Å². The van der Waals surface area contributed by atoms with Crippen LogP contribution >= 0.6 is 11.6 Å². The number of hydrogen-bond acceptors (Lipinski definition) is 2. The van der Waals surface area contributed by atoms with Crippen LogP contribution in [-0.2, 0) is 16.6 Å². The third-order valence-electron chi connectivity index (χ3n) is 5.63. The molecule has 2 aromatic carbocycles. The van der Waals surface area contributed by atoms with E-state index >= 15 is 0 Å². The number of hydrogen-bond donors (Lipinski definition) is 0. The summed E-state index contributed by atoms with van der Waals surface area (Å²) < 4.78 is 29.8. The first-order chi connectivity index (χ1) is 13.5. The van der Waals surface area contributed by atoms with Gasteiger partial charge in [0.05, 0.1) is 4.90 Å². The highest BCUT2D eigenvalue weighted by Crippen LogP contribution is 2.36. The zero-order valence-corrected chi connectivity index (χ0v) is 17.6. The van der Waals surface area contributed by atoms with Crippen molar-refractivity contribution in [1.29, 1.82) is 0 Å². The Morgan fingerprint density at radius 1 is 1.04 bits per heavy atom. The number of para-hydroxylation sites is 1. The van der Waals surface area contributed by atoms with Gasteiger partial charge in [0.2, 0.25) is 10.0 Å². The fraction of sp³-hybridized carbons (Fsp3) is 0.364. The van der Waals surface area contributed by atoms with Crippen LogP contribution in [-0.4, -0.2) is 30.4 Å². The zero-order valence-electron chi connectivity index (χ0n) is 16.0. The first-order valence-electron chi connectivity index (χ1n) is 9.84. The summed E-state index contributed by atoms with van der Waals surface area (Å²) in [6.45, 7) is 4.28. The van der Waals surface area contributed by atoms with Crippen LogP contribution in [0.1, 0.15) is 37.7 Å². The molecule has 2 heterocycles. The molecule has 0 N–H and O–H groups in total. The number of nitrogens with zero attached hydrogens (tertiary/aromatic N) is 2. The Labute approximate surface area is 171 Å². The predicted molar refractivity (Wildman–Crippen MR) is 114 cm³/mol. The average Bonchev–Trinajstić information content (AvgIpc) is 3.07. The van der Waals surface area contributed by atoms with Crippen molar-refractivity contribution < 1.29 is 8.42 Å². The van der Waals surface area contributed by atoms with Crippen LogP contribution in [0.3, 0.4) is 0 Å². The van der Waals surface area contributed by atoms with E-state index in [1.165, 1.54) is 16.5 Å². The van der Waals surface area contributed by atoms with Gasteiger partial charge in [0.25, 0.3) is 0 Å². The van der Waals surface area contributed by atoms with Crippen molar-refractivity contribution in [2.75, 3.05) is 13.1 Å². The molecule has 0 aliphatic carbocycles. The van der Waals surface area contributed by atoms with Crippen LogP contribution in [0.2, 0.25) is 5.02 Å². The van der Waals surface area contributed by atoms with Gasteiger partial charge in [0.1, 0.15) is 0 Å². The Morgan fingerprint density at radius 2 is 1.71 bits per heavy atom. The van der Waals surface area contributed by atoms with E-state index in [0.717, 1.165) is 25.8 Å². The van der Waals surface area contributed by atoms with E-state index in [2.05, 4.69) is 42.0 Å². The lowest BCUT2D eigenvalue weighted by atomic mass is 9.90. The number of aryl methyl sites for hydroxylation is 1. The number of benzene rings is 2. The quantitative estimate of drug-likeness (QED) is 0.568. The number of aromatic nitrogens is 1. The minimum Gasteiger partial charge on any atom is -0.347 e. The maximum Gasteiger partial charge on any atom is 0.243 e. The van der Waals surface area contributed by atoms with Crippen LogP contribution in [0, 0.1) is 0 Å². The molecule has 0 spiro atoms. The molecule has 4 nitrogen and oxygen atoms in total. The van der Waals surface area contributed by atoms with Crippen molar-refractivity contribution in [2.45, 2.75) is 43.5 Å². The molecule has 28 heavy (non-hydrogen) atoms. The molecule has 1 aromatic heterocycles. The maximum absolute atomic E-state index is 12.9. The molecule has 1 aliphatic heterocycles. The maximum atomic E-state index is 12.9. The lowest BCUT2D eigenvalue weighted by Crippen LogP contribution is -2.37. The number of sulfonamides is 1. The molecule has 4 rings (SSSR count). The second-order valence-electron chi connectivity index (χ2n) is 7.43. The molecule has 1 fully saturated rings. The topological polar surface area (TPSA) is 42.3 Å². The second kappa shape index (κ2) is 7.90. The number of halogens is 1. The fourth-order valence-electron chi connectivity index (χ4n) is 4.19. The summed E-state index contributed by atoms with van der Waals surface area (Å²) >= 11 is 5.90. The minimum atomic E-state index is -3.46. The standard InChI is InChI=1S/C22H25ClN2O2S/c1-2-13-24-16-21(20-5-3-4-6-22(20)24)17-11-14-25(15-12-17)28(26,27)19-9-7-18(23)8-10-19/h3-10,16-17H,2,11-15H2,1H3. The summed E-state index contributed by atoms with van der Waals surface area (Å²) in [7, 11) is -3.46. The van der Waals surface area contributed by atoms with Gasteiger partial charge in [-0.2, -0.15) is 4.31 Å². The lowest BCUT2D eigenvalue weighted by molar-refractivity contribution is 0.320. The van der Waals surface area contributed by atoms with Gasteiger partial charge in [0, 0.05) is 41.8 Å². The van der Waals surface area contributed by atoms with Gasteiger partial charge in [-0.25, -0.2) is 8.42 Å². The van der Waals surface area contributed by atoms with Crippen LogP contribution in [0.15, 0.2) is 59.6 Å². The molecule has 0 unspecified atom stereocenters. The normalized spacial score (nSPS) is 16.6. The molecule has 0 radical (unpaired) electrons. The van der Waals surface area contributed by atoms with Gasteiger partial charge in [-0.1, -0.05) is 36.7 Å². The molecule has 1 aliphatic rings. The van der Waals surface area contributed by atoms with E-state index in [0.29, 0.717) is 28.9 Å². The molecule has 0 atom stereocenters. The molecule has 0 amide bonds. The minimum absolute atomic E-state index is 0.315. The van der Waals surface area contributed by atoms with Crippen LogP contribution in [0.4, 0.5) is 0 Å². The molecule has 0 bridgehead atoms. The SMILES string of the molecule is CCCn1cc(C2CCN(S(=O)(=O)c3ccc(Cl)cc3)CC2)c2ccccc21. The van der Waals surface area contributed by atoms with Crippen LogP contribution in [0.5, 0.6) is 0 Å². The van der Waals surface area contributed by atoms with Gasteiger partial charge in [-0.05, 0) is 61.1 Å². The number of fused-ring (bicyclic) bond motifs is 1. The van der Waals surface area contributed by atoms with Gasteiger partial charge >= 0.3 is 0 Å².